The average Bonchev–Trinajstić information content (AvgIpc) is 2.42. The Morgan fingerprint density at radius 2 is 2.23 bits per heavy atom. The first kappa shape index (κ1) is 10.1. The van der Waals surface area contributed by atoms with Crippen LogP contribution in [-0.2, 0) is 0 Å². The minimum absolute atomic E-state index is 1.12. The molecule has 2 aromatic rings. The third kappa shape index (κ3) is 1.86. The lowest BCUT2D eigenvalue weighted by molar-refractivity contribution is 1.51. The van der Waals surface area contributed by atoms with Crippen molar-refractivity contribution < 1.29 is 0 Å². The summed E-state index contributed by atoms with van der Waals surface area (Å²) >= 11 is 10.4. The number of fused-ring (bicyclic) bond motifs is 1. The second-order valence-electron chi connectivity index (χ2n) is 2.59. The number of rotatable bonds is 1. The highest BCUT2D eigenvalue weighted by Crippen LogP contribution is 2.36. The number of thiophene rings is 1. The first-order valence-electron chi connectivity index (χ1n) is 3.67. The summed E-state index contributed by atoms with van der Waals surface area (Å²) in [5, 5.41) is 1.27. The summed E-state index contributed by atoms with van der Waals surface area (Å²) in [6.07, 6.45) is 2.10. The van der Waals surface area contributed by atoms with E-state index in [4.69, 9.17) is 0 Å². The average molecular weight is 338 g/mol. The lowest BCUT2D eigenvalue weighted by atomic mass is 10.3. The molecule has 68 valence electrons. The second-order valence-corrected chi connectivity index (χ2v) is 6.78. The summed E-state index contributed by atoms with van der Waals surface area (Å²) in [5.41, 5.74) is 0. The number of benzene rings is 1. The van der Waals surface area contributed by atoms with E-state index in [-0.39, 0.29) is 0 Å². The van der Waals surface area contributed by atoms with Crippen LogP contribution in [0.15, 0.2) is 28.0 Å². The molecule has 4 heteroatoms. The standard InChI is InChI=1S/C9H7IS3/c1-12-5-2-3-6-7(4-5)13-9(10)8(6)11/h2-4,11H,1H3. The Morgan fingerprint density at radius 3 is 2.92 bits per heavy atom. The fourth-order valence-corrected chi connectivity index (χ4v) is 3.95. The van der Waals surface area contributed by atoms with Gasteiger partial charge < -0.3 is 0 Å². The van der Waals surface area contributed by atoms with Gasteiger partial charge in [-0.15, -0.1) is 35.7 Å². The van der Waals surface area contributed by atoms with Gasteiger partial charge >= 0.3 is 0 Å². The Morgan fingerprint density at radius 1 is 1.46 bits per heavy atom. The Kier molecular flexibility index (Phi) is 3.12. The second kappa shape index (κ2) is 4.00. The number of thioether (sulfide) groups is 1. The molecule has 0 aliphatic rings. The molecule has 0 aliphatic heterocycles. The number of hydrogen-bond acceptors (Lipinski definition) is 3. The van der Waals surface area contributed by atoms with Gasteiger partial charge in [0, 0.05) is 19.9 Å². The fourth-order valence-electron chi connectivity index (χ4n) is 1.16. The number of halogens is 1. The van der Waals surface area contributed by atoms with Gasteiger partial charge in [0.25, 0.3) is 0 Å². The molecule has 0 N–H and O–H groups in total. The van der Waals surface area contributed by atoms with Crippen molar-refractivity contribution in [1.82, 2.24) is 0 Å². The van der Waals surface area contributed by atoms with E-state index in [9.17, 15) is 0 Å². The van der Waals surface area contributed by atoms with Gasteiger partial charge in [0.1, 0.15) is 0 Å². The predicted octanol–water partition coefficient (Wildman–Crippen LogP) is 4.52. The normalized spacial score (nSPS) is 11.0. The maximum absolute atomic E-state index is 4.47. The lowest BCUT2D eigenvalue weighted by Gasteiger charge is -1.95. The van der Waals surface area contributed by atoms with Crippen molar-refractivity contribution in [2.24, 2.45) is 0 Å². The highest BCUT2D eigenvalue weighted by Gasteiger charge is 2.06. The topological polar surface area (TPSA) is 0 Å². The van der Waals surface area contributed by atoms with Crippen LogP contribution in [0.25, 0.3) is 10.1 Å². The van der Waals surface area contributed by atoms with Crippen LogP contribution in [0.3, 0.4) is 0 Å². The molecule has 0 radical (unpaired) electrons. The van der Waals surface area contributed by atoms with Crippen molar-refractivity contribution in [3.8, 4) is 0 Å². The van der Waals surface area contributed by atoms with Crippen LogP contribution in [0, 0.1) is 2.88 Å². The van der Waals surface area contributed by atoms with Gasteiger partial charge in [-0.1, -0.05) is 6.07 Å². The van der Waals surface area contributed by atoms with Crippen molar-refractivity contribution in [3.05, 3.63) is 21.1 Å². The van der Waals surface area contributed by atoms with Gasteiger partial charge in [0.15, 0.2) is 0 Å². The Bertz CT molecular complexity index is 447. The van der Waals surface area contributed by atoms with E-state index < -0.39 is 0 Å². The molecule has 0 saturated carbocycles. The van der Waals surface area contributed by atoms with E-state index in [1.54, 1.807) is 23.1 Å². The summed E-state index contributed by atoms with van der Waals surface area (Å²) in [6.45, 7) is 0. The summed E-state index contributed by atoms with van der Waals surface area (Å²) in [5.74, 6) is 0. The van der Waals surface area contributed by atoms with E-state index >= 15 is 0 Å². The molecule has 1 aromatic heterocycles. The van der Waals surface area contributed by atoms with Crippen molar-refractivity contribution >= 4 is 68.4 Å². The zero-order valence-corrected chi connectivity index (χ0v) is 11.6. The number of hydrogen-bond donors (Lipinski definition) is 1. The fraction of sp³-hybridized carbons (Fsp3) is 0.111. The molecule has 1 heterocycles. The van der Waals surface area contributed by atoms with Crippen LogP contribution in [0.5, 0.6) is 0 Å². The molecule has 0 bridgehead atoms. The quantitative estimate of drug-likeness (QED) is 0.453. The molecule has 13 heavy (non-hydrogen) atoms. The molecule has 0 spiro atoms. The van der Waals surface area contributed by atoms with Gasteiger partial charge in [-0.2, -0.15) is 0 Å². The van der Waals surface area contributed by atoms with Crippen LogP contribution in [0.1, 0.15) is 0 Å². The molecule has 0 unspecified atom stereocenters. The molecule has 0 nitrogen and oxygen atoms in total. The molecule has 0 amide bonds. The SMILES string of the molecule is CSc1ccc2c(S)c(I)sc2c1. The maximum atomic E-state index is 4.47. The van der Waals surface area contributed by atoms with E-state index in [2.05, 4.69) is 59.7 Å². The molecule has 1 aromatic carbocycles. The molecule has 2 rings (SSSR count). The van der Waals surface area contributed by atoms with Crippen LogP contribution in [0.4, 0.5) is 0 Å². The molecule has 0 fully saturated rings. The van der Waals surface area contributed by atoms with Crippen LogP contribution >= 0.6 is 58.3 Å². The van der Waals surface area contributed by atoms with E-state index in [1.165, 1.54) is 17.9 Å². The van der Waals surface area contributed by atoms with Crippen molar-refractivity contribution in [2.45, 2.75) is 9.79 Å². The number of thiol groups is 1. The van der Waals surface area contributed by atoms with E-state index in [0.717, 1.165) is 4.90 Å². The van der Waals surface area contributed by atoms with E-state index in [0.29, 0.717) is 0 Å². The summed E-state index contributed by atoms with van der Waals surface area (Å²) in [7, 11) is 0. The highest BCUT2D eigenvalue weighted by molar-refractivity contribution is 14.1. The Labute approximate surface area is 105 Å². The molecular weight excluding hydrogens is 331 g/mol. The molecule has 0 saturated heterocycles. The monoisotopic (exact) mass is 338 g/mol. The van der Waals surface area contributed by atoms with Gasteiger partial charge in [-0.05, 0) is 41.0 Å². The third-order valence-electron chi connectivity index (χ3n) is 1.83. The maximum Gasteiger partial charge on any atom is 0.0799 e. The zero-order valence-electron chi connectivity index (χ0n) is 6.87. The summed E-state index contributed by atoms with van der Waals surface area (Å²) < 4.78 is 2.61. The molecule has 0 atom stereocenters. The summed E-state index contributed by atoms with van der Waals surface area (Å²) in [6, 6.07) is 6.53. The minimum atomic E-state index is 1.12. The van der Waals surface area contributed by atoms with Gasteiger partial charge in [0.05, 0.1) is 2.88 Å². The molecular formula is C9H7IS3. The largest absolute Gasteiger partial charge is 0.141 e. The lowest BCUT2D eigenvalue weighted by Crippen LogP contribution is -1.68. The molecule has 0 aliphatic carbocycles. The Hall–Kier alpha value is 0.610. The minimum Gasteiger partial charge on any atom is -0.141 e. The first-order chi connectivity index (χ1) is 6.22. The van der Waals surface area contributed by atoms with Crippen molar-refractivity contribution in [1.29, 1.82) is 0 Å². The van der Waals surface area contributed by atoms with Crippen LogP contribution < -0.4 is 0 Å². The third-order valence-corrected chi connectivity index (χ3v) is 5.74. The Balaban J connectivity index is 2.73. The van der Waals surface area contributed by atoms with Crippen LogP contribution in [-0.4, -0.2) is 6.26 Å². The van der Waals surface area contributed by atoms with Gasteiger partial charge in [-0.25, -0.2) is 0 Å². The zero-order chi connectivity index (χ0) is 9.42. The van der Waals surface area contributed by atoms with Crippen molar-refractivity contribution in [3.63, 3.8) is 0 Å². The summed E-state index contributed by atoms with van der Waals surface area (Å²) in [4.78, 5) is 2.44. The van der Waals surface area contributed by atoms with Crippen LogP contribution in [0.2, 0.25) is 0 Å². The smallest absolute Gasteiger partial charge is 0.0799 e. The first-order valence-corrected chi connectivity index (χ1v) is 7.24. The van der Waals surface area contributed by atoms with E-state index in [1.807, 2.05) is 0 Å². The predicted molar refractivity (Wildman–Crippen MR) is 73.6 cm³/mol. The highest BCUT2D eigenvalue weighted by atomic mass is 127. The van der Waals surface area contributed by atoms with Gasteiger partial charge in [-0.3, -0.25) is 0 Å². The van der Waals surface area contributed by atoms with Gasteiger partial charge in [0.2, 0.25) is 0 Å². The van der Waals surface area contributed by atoms with Crippen molar-refractivity contribution in [2.75, 3.05) is 6.26 Å².